The predicted octanol–water partition coefficient (Wildman–Crippen LogP) is 7.24. The Morgan fingerprint density at radius 1 is 0.886 bits per heavy atom. The standard InChI is InChI=1S/C35H31IN4O4/c1-3-43-32-21-25(20-30(36)34(32)44-23-33(41)38-28-12-8-5-9-13-28)22-37-39-35(42)27-15-17-29(18-16-27)40-24(2)14-19-31(40)26-10-6-4-7-11-26/h4-22H,3,23H2,1-2H3,(H,38,41)(H,39,42)/b37-22+. The zero-order valence-corrected chi connectivity index (χ0v) is 26.4. The molecule has 0 saturated carbocycles. The average Bonchev–Trinajstić information content (AvgIpc) is 3.43. The molecular formula is C35H31IN4O4. The zero-order chi connectivity index (χ0) is 30.9. The van der Waals surface area contributed by atoms with Crippen molar-refractivity contribution in [1.29, 1.82) is 0 Å². The molecular weight excluding hydrogens is 667 g/mol. The van der Waals surface area contributed by atoms with Gasteiger partial charge in [-0.3, -0.25) is 9.59 Å². The number of rotatable bonds is 11. The number of nitrogens with zero attached hydrogens (tertiary/aromatic N) is 2. The van der Waals surface area contributed by atoms with Crippen molar-refractivity contribution >= 4 is 46.3 Å². The lowest BCUT2D eigenvalue weighted by atomic mass is 10.1. The highest BCUT2D eigenvalue weighted by Gasteiger charge is 2.15. The van der Waals surface area contributed by atoms with Gasteiger partial charge in [0, 0.05) is 22.6 Å². The summed E-state index contributed by atoms with van der Waals surface area (Å²) in [5.41, 5.74) is 8.73. The van der Waals surface area contributed by atoms with Crippen LogP contribution in [0.2, 0.25) is 0 Å². The monoisotopic (exact) mass is 698 g/mol. The predicted molar refractivity (Wildman–Crippen MR) is 182 cm³/mol. The molecule has 8 nitrogen and oxygen atoms in total. The summed E-state index contributed by atoms with van der Waals surface area (Å²) < 4.78 is 14.5. The summed E-state index contributed by atoms with van der Waals surface area (Å²) in [5.74, 6) is 0.330. The summed E-state index contributed by atoms with van der Waals surface area (Å²) in [6.07, 6.45) is 1.54. The van der Waals surface area contributed by atoms with Gasteiger partial charge in [-0.25, -0.2) is 5.43 Å². The van der Waals surface area contributed by atoms with E-state index >= 15 is 0 Å². The van der Waals surface area contributed by atoms with E-state index in [-0.39, 0.29) is 18.4 Å². The first-order valence-electron chi connectivity index (χ1n) is 14.0. The Balaban J connectivity index is 1.23. The summed E-state index contributed by atoms with van der Waals surface area (Å²) in [4.78, 5) is 25.2. The Hall–Kier alpha value is -4.90. The first kappa shape index (κ1) is 30.6. The van der Waals surface area contributed by atoms with E-state index in [2.05, 4.69) is 74.2 Å². The smallest absolute Gasteiger partial charge is 0.271 e. The molecule has 0 aliphatic carbocycles. The molecule has 4 aromatic carbocycles. The van der Waals surface area contributed by atoms with Crippen LogP contribution in [0.3, 0.4) is 0 Å². The van der Waals surface area contributed by atoms with Gasteiger partial charge in [-0.05, 0) is 108 Å². The molecule has 5 rings (SSSR count). The van der Waals surface area contributed by atoms with Gasteiger partial charge >= 0.3 is 0 Å². The van der Waals surface area contributed by atoms with Crippen molar-refractivity contribution in [3.8, 4) is 28.4 Å². The molecule has 2 amide bonds. The van der Waals surface area contributed by atoms with Crippen LogP contribution in [0.4, 0.5) is 5.69 Å². The number of amides is 2. The number of benzene rings is 4. The van der Waals surface area contributed by atoms with Crippen LogP contribution in [0.25, 0.3) is 16.9 Å². The second-order valence-corrected chi connectivity index (χ2v) is 10.9. The molecule has 0 bridgehead atoms. The highest BCUT2D eigenvalue weighted by molar-refractivity contribution is 14.1. The largest absolute Gasteiger partial charge is 0.490 e. The van der Waals surface area contributed by atoms with E-state index in [1.807, 2.05) is 73.7 Å². The number of aromatic nitrogens is 1. The molecule has 222 valence electrons. The Bertz CT molecular complexity index is 1770. The van der Waals surface area contributed by atoms with Crippen LogP contribution in [0.1, 0.15) is 28.5 Å². The van der Waals surface area contributed by atoms with Crippen LogP contribution < -0.4 is 20.2 Å². The van der Waals surface area contributed by atoms with Gasteiger partial charge in [0.25, 0.3) is 11.8 Å². The van der Waals surface area contributed by atoms with Crippen LogP contribution in [-0.4, -0.2) is 35.8 Å². The van der Waals surface area contributed by atoms with Crippen LogP contribution >= 0.6 is 22.6 Å². The number of para-hydroxylation sites is 1. The lowest BCUT2D eigenvalue weighted by Gasteiger charge is -2.14. The fourth-order valence-electron chi connectivity index (χ4n) is 4.63. The molecule has 0 spiro atoms. The number of hydrogen-bond acceptors (Lipinski definition) is 5. The van der Waals surface area contributed by atoms with Gasteiger partial charge in [-0.2, -0.15) is 5.10 Å². The molecule has 0 radical (unpaired) electrons. The van der Waals surface area contributed by atoms with E-state index in [0.29, 0.717) is 34.9 Å². The summed E-state index contributed by atoms with van der Waals surface area (Å²) in [5, 5.41) is 6.96. The SMILES string of the molecule is CCOc1cc(/C=N/NC(=O)c2ccc(-n3c(C)ccc3-c3ccccc3)cc2)cc(I)c1OCC(=O)Nc1ccccc1. The van der Waals surface area contributed by atoms with Crippen LogP contribution in [-0.2, 0) is 4.79 Å². The van der Waals surface area contributed by atoms with Gasteiger partial charge in [-0.15, -0.1) is 0 Å². The Labute approximate surface area is 269 Å². The van der Waals surface area contributed by atoms with E-state index in [0.717, 1.165) is 26.2 Å². The molecule has 9 heteroatoms. The second-order valence-electron chi connectivity index (χ2n) is 9.77. The number of hydrazone groups is 1. The summed E-state index contributed by atoms with van der Waals surface area (Å²) in [6, 6.07) is 34.6. The number of aryl methyl sites for hydroxylation is 1. The summed E-state index contributed by atoms with van der Waals surface area (Å²) >= 11 is 2.12. The Morgan fingerprint density at radius 3 is 2.30 bits per heavy atom. The molecule has 0 unspecified atom stereocenters. The fourth-order valence-corrected chi connectivity index (χ4v) is 5.41. The Morgan fingerprint density at radius 2 is 1.59 bits per heavy atom. The second kappa shape index (κ2) is 14.5. The van der Waals surface area contributed by atoms with Crippen molar-refractivity contribution < 1.29 is 19.1 Å². The third kappa shape index (κ3) is 7.54. The number of nitrogens with one attached hydrogen (secondary N) is 2. The van der Waals surface area contributed by atoms with Crippen LogP contribution in [0.15, 0.2) is 114 Å². The van der Waals surface area contributed by atoms with Crippen molar-refractivity contribution in [1.82, 2.24) is 9.99 Å². The molecule has 0 atom stereocenters. The first-order chi connectivity index (χ1) is 21.4. The van der Waals surface area contributed by atoms with Crippen LogP contribution in [0, 0.1) is 10.5 Å². The lowest BCUT2D eigenvalue weighted by Crippen LogP contribution is -2.20. The molecule has 0 saturated heterocycles. The maximum atomic E-state index is 12.8. The summed E-state index contributed by atoms with van der Waals surface area (Å²) in [7, 11) is 0. The zero-order valence-electron chi connectivity index (χ0n) is 24.3. The third-order valence-corrected chi connectivity index (χ3v) is 7.45. The van der Waals surface area contributed by atoms with Crippen molar-refractivity contribution in [2.75, 3.05) is 18.5 Å². The third-order valence-electron chi connectivity index (χ3n) is 6.65. The minimum atomic E-state index is -0.329. The minimum Gasteiger partial charge on any atom is -0.490 e. The summed E-state index contributed by atoms with van der Waals surface area (Å²) in [6.45, 7) is 4.16. The maximum absolute atomic E-state index is 12.8. The van der Waals surface area contributed by atoms with Crippen LogP contribution in [0.5, 0.6) is 11.5 Å². The van der Waals surface area contributed by atoms with Gasteiger partial charge in [0.15, 0.2) is 18.1 Å². The highest BCUT2D eigenvalue weighted by atomic mass is 127. The maximum Gasteiger partial charge on any atom is 0.271 e. The molecule has 44 heavy (non-hydrogen) atoms. The number of hydrogen-bond donors (Lipinski definition) is 2. The van der Waals surface area contributed by atoms with Gasteiger partial charge in [0.05, 0.1) is 22.1 Å². The molecule has 2 N–H and O–H groups in total. The number of carbonyl (C=O) groups is 2. The minimum absolute atomic E-state index is 0.176. The lowest BCUT2D eigenvalue weighted by molar-refractivity contribution is -0.118. The van der Waals surface area contributed by atoms with Crippen molar-refractivity contribution in [3.63, 3.8) is 0 Å². The van der Waals surface area contributed by atoms with E-state index in [1.165, 1.54) is 6.21 Å². The molecule has 1 heterocycles. The molecule has 0 aliphatic rings. The van der Waals surface area contributed by atoms with E-state index < -0.39 is 0 Å². The number of halogens is 1. The quantitative estimate of drug-likeness (QED) is 0.0865. The molecule has 0 fully saturated rings. The highest BCUT2D eigenvalue weighted by Crippen LogP contribution is 2.34. The molecule has 5 aromatic rings. The van der Waals surface area contributed by atoms with Crippen molar-refractivity contribution in [2.45, 2.75) is 13.8 Å². The van der Waals surface area contributed by atoms with E-state index in [4.69, 9.17) is 9.47 Å². The van der Waals surface area contributed by atoms with E-state index in [9.17, 15) is 9.59 Å². The van der Waals surface area contributed by atoms with Gasteiger partial charge < -0.3 is 19.4 Å². The fraction of sp³-hybridized carbons (Fsp3) is 0.114. The Kier molecular flexibility index (Phi) is 10.1. The van der Waals surface area contributed by atoms with Gasteiger partial charge in [0.1, 0.15) is 0 Å². The van der Waals surface area contributed by atoms with Crippen molar-refractivity contribution in [3.05, 3.63) is 130 Å². The first-order valence-corrected chi connectivity index (χ1v) is 15.1. The van der Waals surface area contributed by atoms with Gasteiger partial charge in [0.2, 0.25) is 0 Å². The topological polar surface area (TPSA) is 93.9 Å². The number of carbonyl (C=O) groups excluding carboxylic acids is 2. The number of anilines is 1. The molecule has 1 aromatic heterocycles. The average molecular weight is 699 g/mol. The van der Waals surface area contributed by atoms with E-state index in [1.54, 1.807) is 18.2 Å². The molecule has 0 aliphatic heterocycles. The normalized spacial score (nSPS) is 10.9. The van der Waals surface area contributed by atoms with Crippen molar-refractivity contribution in [2.24, 2.45) is 5.10 Å². The van der Waals surface area contributed by atoms with Gasteiger partial charge in [-0.1, -0.05) is 48.5 Å². The number of ether oxygens (including phenoxy) is 2.